The van der Waals surface area contributed by atoms with E-state index in [0.717, 1.165) is 25.3 Å². The summed E-state index contributed by atoms with van der Waals surface area (Å²) in [7, 11) is 0. The van der Waals surface area contributed by atoms with Crippen LogP contribution in [0, 0.1) is 0 Å². The van der Waals surface area contributed by atoms with Gasteiger partial charge < -0.3 is 9.88 Å². The Kier molecular flexibility index (Phi) is 4.53. The number of likely N-dealkylation sites (N-methyl/N-ethyl adjacent to an activating group) is 1. The second kappa shape index (κ2) is 6.36. The molecule has 1 N–H and O–H groups in total. The van der Waals surface area contributed by atoms with Crippen LogP contribution in [0.15, 0.2) is 42.7 Å². The van der Waals surface area contributed by atoms with Crippen molar-refractivity contribution in [3.63, 3.8) is 0 Å². The summed E-state index contributed by atoms with van der Waals surface area (Å²) in [5.74, 6) is 1.15. The van der Waals surface area contributed by atoms with Crippen LogP contribution < -0.4 is 5.32 Å². The molecule has 0 aliphatic rings. The molecule has 0 saturated carbocycles. The Hall–Kier alpha value is -1.61. The third-order valence-electron chi connectivity index (χ3n) is 3.15. The SMILES string of the molecule is CCNC(Cn1ccnc1CC)c1ccccc1. The summed E-state index contributed by atoms with van der Waals surface area (Å²) >= 11 is 0. The minimum atomic E-state index is 0.343. The van der Waals surface area contributed by atoms with Crippen LogP contribution in [0.1, 0.15) is 31.3 Å². The summed E-state index contributed by atoms with van der Waals surface area (Å²) in [6.45, 7) is 6.19. The second-order valence-electron chi connectivity index (χ2n) is 4.37. The molecule has 2 aromatic rings. The molecule has 0 saturated heterocycles. The van der Waals surface area contributed by atoms with Crippen molar-refractivity contribution in [2.75, 3.05) is 6.54 Å². The molecule has 96 valence electrons. The lowest BCUT2D eigenvalue weighted by atomic mass is 10.1. The molecule has 1 atom stereocenters. The lowest BCUT2D eigenvalue weighted by Crippen LogP contribution is -2.25. The molecule has 0 bridgehead atoms. The van der Waals surface area contributed by atoms with E-state index < -0.39 is 0 Å². The fourth-order valence-corrected chi connectivity index (χ4v) is 2.24. The zero-order chi connectivity index (χ0) is 12.8. The minimum Gasteiger partial charge on any atom is -0.333 e. The number of rotatable bonds is 6. The monoisotopic (exact) mass is 243 g/mol. The van der Waals surface area contributed by atoms with Gasteiger partial charge in [-0.25, -0.2) is 4.98 Å². The molecular formula is C15H21N3. The van der Waals surface area contributed by atoms with Gasteiger partial charge in [0.15, 0.2) is 0 Å². The van der Waals surface area contributed by atoms with Crippen molar-refractivity contribution in [3.8, 4) is 0 Å². The highest BCUT2D eigenvalue weighted by Crippen LogP contribution is 2.15. The van der Waals surface area contributed by atoms with E-state index in [-0.39, 0.29) is 0 Å². The molecule has 0 radical (unpaired) electrons. The van der Waals surface area contributed by atoms with E-state index in [1.165, 1.54) is 5.56 Å². The molecule has 0 aliphatic heterocycles. The Morgan fingerprint density at radius 2 is 2.00 bits per heavy atom. The maximum absolute atomic E-state index is 4.38. The highest BCUT2D eigenvalue weighted by molar-refractivity contribution is 5.19. The molecular weight excluding hydrogens is 222 g/mol. The van der Waals surface area contributed by atoms with Crippen LogP contribution in [-0.2, 0) is 13.0 Å². The zero-order valence-electron chi connectivity index (χ0n) is 11.1. The third-order valence-corrected chi connectivity index (χ3v) is 3.15. The number of hydrogen-bond donors (Lipinski definition) is 1. The molecule has 18 heavy (non-hydrogen) atoms. The summed E-state index contributed by atoms with van der Waals surface area (Å²) in [4.78, 5) is 4.38. The molecule has 1 unspecified atom stereocenters. The minimum absolute atomic E-state index is 0.343. The van der Waals surface area contributed by atoms with Crippen LogP contribution in [0.3, 0.4) is 0 Å². The van der Waals surface area contributed by atoms with Gasteiger partial charge in [0.2, 0.25) is 0 Å². The first-order valence-corrected chi connectivity index (χ1v) is 6.63. The summed E-state index contributed by atoms with van der Waals surface area (Å²) in [6, 6.07) is 10.9. The van der Waals surface area contributed by atoms with Gasteiger partial charge in [0, 0.05) is 25.4 Å². The summed E-state index contributed by atoms with van der Waals surface area (Å²) < 4.78 is 2.24. The van der Waals surface area contributed by atoms with E-state index >= 15 is 0 Å². The van der Waals surface area contributed by atoms with E-state index in [2.05, 4.69) is 65.2 Å². The molecule has 0 spiro atoms. The fraction of sp³-hybridized carbons (Fsp3) is 0.400. The molecule has 1 aromatic carbocycles. The van der Waals surface area contributed by atoms with Crippen LogP contribution in [0.25, 0.3) is 0 Å². The normalized spacial score (nSPS) is 12.6. The number of nitrogens with zero attached hydrogens (tertiary/aromatic N) is 2. The zero-order valence-corrected chi connectivity index (χ0v) is 11.1. The molecule has 0 amide bonds. The Morgan fingerprint density at radius 3 is 2.67 bits per heavy atom. The van der Waals surface area contributed by atoms with Gasteiger partial charge in [-0.3, -0.25) is 0 Å². The Bertz CT molecular complexity index is 462. The standard InChI is InChI=1S/C15H21N3/c1-3-15-17-10-11-18(15)12-14(16-4-2)13-8-6-5-7-9-13/h5-11,14,16H,3-4,12H2,1-2H3. The summed E-state index contributed by atoms with van der Waals surface area (Å²) in [5.41, 5.74) is 1.33. The van der Waals surface area contributed by atoms with Crippen molar-refractivity contribution in [1.29, 1.82) is 0 Å². The molecule has 3 nitrogen and oxygen atoms in total. The van der Waals surface area contributed by atoms with Gasteiger partial charge in [0.05, 0.1) is 6.04 Å². The van der Waals surface area contributed by atoms with Crippen LogP contribution >= 0.6 is 0 Å². The number of aryl methyl sites for hydroxylation is 1. The van der Waals surface area contributed by atoms with Crippen molar-refractivity contribution in [2.45, 2.75) is 32.9 Å². The number of nitrogens with one attached hydrogen (secondary N) is 1. The molecule has 1 heterocycles. The van der Waals surface area contributed by atoms with E-state index in [4.69, 9.17) is 0 Å². The van der Waals surface area contributed by atoms with Gasteiger partial charge in [-0.2, -0.15) is 0 Å². The Morgan fingerprint density at radius 1 is 1.22 bits per heavy atom. The highest BCUT2D eigenvalue weighted by Gasteiger charge is 2.12. The van der Waals surface area contributed by atoms with Crippen molar-refractivity contribution in [1.82, 2.24) is 14.9 Å². The second-order valence-corrected chi connectivity index (χ2v) is 4.37. The molecule has 2 rings (SSSR count). The first-order chi connectivity index (χ1) is 8.85. The number of hydrogen-bond acceptors (Lipinski definition) is 2. The Labute approximate surface area is 109 Å². The number of aromatic nitrogens is 2. The van der Waals surface area contributed by atoms with Crippen LogP contribution in [0.4, 0.5) is 0 Å². The average molecular weight is 243 g/mol. The average Bonchev–Trinajstić information content (AvgIpc) is 2.86. The van der Waals surface area contributed by atoms with Crippen molar-refractivity contribution >= 4 is 0 Å². The first kappa shape index (κ1) is 12.8. The van der Waals surface area contributed by atoms with E-state index in [1.807, 2.05) is 6.20 Å². The molecule has 0 aliphatic carbocycles. The van der Waals surface area contributed by atoms with Crippen molar-refractivity contribution in [2.24, 2.45) is 0 Å². The Balaban J connectivity index is 2.16. The molecule has 1 aromatic heterocycles. The highest BCUT2D eigenvalue weighted by atomic mass is 15.1. The summed E-state index contributed by atoms with van der Waals surface area (Å²) in [5, 5.41) is 3.54. The topological polar surface area (TPSA) is 29.9 Å². The largest absolute Gasteiger partial charge is 0.333 e. The fourth-order valence-electron chi connectivity index (χ4n) is 2.24. The first-order valence-electron chi connectivity index (χ1n) is 6.63. The van der Waals surface area contributed by atoms with E-state index in [0.29, 0.717) is 6.04 Å². The maximum atomic E-state index is 4.38. The van der Waals surface area contributed by atoms with Gasteiger partial charge in [0.25, 0.3) is 0 Å². The van der Waals surface area contributed by atoms with Crippen LogP contribution in [0.5, 0.6) is 0 Å². The van der Waals surface area contributed by atoms with Gasteiger partial charge in [-0.05, 0) is 12.1 Å². The number of imidazole rings is 1. The van der Waals surface area contributed by atoms with E-state index in [9.17, 15) is 0 Å². The van der Waals surface area contributed by atoms with Gasteiger partial charge in [0.1, 0.15) is 5.82 Å². The summed E-state index contributed by atoms with van der Waals surface area (Å²) in [6.07, 6.45) is 4.92. The molecule has 0 fully saturated rings. The van der Waals surface area contributed by atoms with Crippen molar-refractivity contribution in [3.05, 3.63) is 54.1 Å². The van der Waals surface area contributed by atoms with Crippen molar-refractivity contribution < 1.29 is 0 Å². The van der Waals surface area contributed by atoms with Gasteiger partial charge in [-0.1, -0.05) is 44.2 Å². The van der Waals surface area contributed by atoms with Crippen LogP contribution in [0.2, 0.25) is 0 Å². The number of benzene rings is 1. The van der Waals surface area contributed by atoms with Crippen LogP contribution in [-0.4, -0.2) is 16.1 Å². The van der Waals surface area contributed by atoms with E-state index in [1.54, 1.807) is 0 Å². The predicted octanol–water partition coefficient (Wildman–Crippen LogP) is 2.80. The molecule has 3 heteroatoms. The maximum Gasteiger partial charge on any atom is 0.108 e. The third kappa shape index (κ3) is 2.99. The van der Waals surface area contributed by atoms with Gasteiger partial charge in [-0.15, -0.1) is 0 Å². The quantitative estimate of drug-likeness (QED) is 0.845. The lowest BCUT2D eigenvalue weighted by molar-refractivity contribution is 0.466. The lowest BCUT2D eigenvalue weighted by Gasteiger charge is -2.20. The predicted molar refractivity (Wildman–Crippen MR) is 74.5 cm³/mol. The van der Waals surface area contributed by atoms with Gasteiger partial charge >= 0.3 is 0 Å². The smallest absolute Gasteiger partial charge is 0.108 e.